The topological polar surface area (TPSA) is 89.5 Å². The van der Waals surface area contributed by atoms with Gasteiger partial charge in [0.1, 0.15) is 32.3 Å². The maximum absolute atomic E-state index is 11.4. The highest BCUT2D eigenvalue weighted by atomic mass is 16.6. The maximum atomic E-state index is 11.4. The molecule has 2 unspecified atom stereocenters. The van der Waals surface area contributed by atoms with E-state index in [1.165, 1.54) is 0 Å². The molecule has 0 amide bonds. The van der Waals surface area contributed by atoms with Gasteiger partial charge >= 0.3 is 11.9 Å². The second-order valence-corrected chi connectivity index (χ2v) is 6.29. The van der Waals surface area contributed by atoms with Gasteiger partial charge in [0, 0.05) is 17.8 Å². The van der Waals surface area contributed by atoms with Crippen LogP contribution in [0, 0.1) is 6.61 Å². The molecular formula is C21H35O8+. The molecule has 0 fully saturated rings. The Morgan fingerprint density at radius 1 is 0.862 bits per heavy atom. The Hall–Kier alpha value is -1.87. The van der Waals surface area contributed by atoms with Crippen LogP contribution in [0.25, 0.3) is 0 Å². The van der Waals surface area contributed by atoms with Crippen molar-refractivity contribution >= 4 is 11.9 Å². The first-order chi connectivity index (χ1) is 13.8. The Balaban J connectivity index is 4.25. The number of esters is 2. The first kappa shape index (κ1) is 27.1. The highest BCUT2D eigenvalue weighted by molar-refractivity contribution is 5.87. The van der Waals surface area contributed by atoms with Crippen molar-refractivity contribution in [3.63, 3.8) is 0 Å². The average molecular weight is 416 g/mol. The summed E-state index contributed by atoms with van der Waals surface area (Å²) in [6.45, 7) is 17.8. The minimum Gasteiger partial charge on any atom is -0.460 e. The predicted molar refractivity (Wildman–Crippen MR) is 108 cm³/mol. The van der Waals surface area contributed by atoms with Gasteiger partial charge in [0.2, 0.25) is 6.61 Å². The minimum atomic E-state index is -0.453. The lowest BCUT2D eigenvalue weighted by atomic mass is 10.1. The smallest absolute Gasteiger partial charge is 0.333 e. The number of carbonyl (C=O) groups excluding carboxylic acids is 2. The van der Waals surface area contributed by atoms with E-state index in [2.05, 4.69) is 13.2 Å². The van der Waals surface area contributed by atoms with E-state index >= 15 is 0 Å². The van der Waals surface area contributed by atoms with Crippen LogP contribution in [0.3, 0.4) is 0 Å². The predicted octanol–water partition coefficient (Wildman–Crippen LogP) is 2.62. The number of rotatable bonds is 18. The van der Waals surface area contributed by atoms with E-state index in [-0.39, 0.29) is 38.6 Å². The largest absolute Gasteiger partial charge is 0.460 e. The Morgan fingerprint density at radius 2 is 1.41 bits per heavy atom. The van der Waals surface area contributed by atoms with Crippen molar-refractivity contribution in [3.8, 4) is 0 Å². The minimum absolute atomic E-state index is 0.117. The summed E-state index contributed by atoms with van der Waals surface area (Å²) in [5.41, 5.74) is 0.677. The highest BCUT2D eigenvalue weighted by Gasteiger charge is 2.23. The summed E-state index contributed by atoms with van der Waals surface area (Å²) in [4.78, 5) is 22.7. The zero-order valence-electron chi connectivity index (χ0n) is 18.1. The zero-order valence-corrected chi connectivity index (χ0v) is 18.1. The van der Waals surface area contributed by atoms with E-state index < -0.39 is 11.9 Å². The van der Waals surface area contributed by atoms with E-state index in [0.29, 0.717) is 37.4 Å². The number of hydrogen-bond donors (Lipinski definition) is 0. The fourth-order valence-electron chi connectivity index (χ4n) is 1.95. The molecule has 166 valence electrons. The molecule has 0 aromatic heterocycles. The van der Waals surface area contributed by atoms with Crippen molar-refractivity contribution in [2.75, 3.05) is 46.2 Å². The van der Waals surface area contributed by atoms with Crippen molar-refractivity contribution in [1.29, 1.82) is 0 Å². The van der Waals surface area contributed by atoms with Crippen LogP contribution in [-0.2, 0) is 38.0 Å². The van der Waals surface area contributed by atoms with Gasteiger partial charge in [0.15, 0.2) is 0 Å². The van der Waals surface area contributed by atoms with E-state index in [1.54, 1.807) is 20.5 Å². The van der Waals surface area contributed by atoms with Crippen LogP contribution in [0.2, 0.25) is 0 Å². The summed E-state index contributed by atoms with van der Waals surface area (Å²) >= 11 is 0. The van der Waals surface area contributed by atoms with Crippen LogP contribution in [0.4, 0.5) is 0 Å². The third-order valence-electron chi connectivity index (χ3n) is 3.56. The van der Waals surface area contributed by atoms with Gasteiger partial charge in [-0.25, -0.2) is 9.59 Å². The summed E-state index contributed by atoms with van der Waals surface area (Å²) in [6, 6.07) is 0. The van der Waals surface area contributed by atoms with Crippen LogP contribution < -0.4 is 0 Å². The van der Waals surface area contributed by atoms with Gasteiger partial charge in [0.05, 0.1) is 25.9 Å². The maximum Gasteiger partial charge on any atom is 0.333 e. The lowest BCUT2D eigenvalue weighted by molar-refractivity contribution is -0.143. The molecule has 29 heavy (non-hydrogen) atoms. The highest BCUT2D eigenvalue weighted by Crippen LogP contribution is 2.11. The lowest BCUT2D eigenvalue weighted by Crippen LogP contribution is -2.32. The molecule has 0 bridgehead atoms. The van der Waals surface area contributed by atoms with E-state index in [1.807, 2.05) is 13.8 Å². The molecule has 0 aliphatic rings. The van der Waals surface area contributed by atoms with Crippen molar-refractivity contribution < 1.29 is 38.0 Å². The summed E-state index contributed by atoms with van der Waals surface area (Å²) in [5, 5.41) is 0. The van der Waals surface area contributed by atoms with Gasteiger partial charge in [-0.2, -0.15) is 4.74 Å². The summed E-state index contributed by atoms with van der Waals surface area (Å²) in [6.07, 6.45) is -0.0925. The third-order valence-corrected chi connectivity index (χ3v) is 3.56. The molecule has 0 aromatic rings. The van der Waals surface area contributed by atoms with Crippen LogP contribution in [0.15, 0.2) is 24.3 Å². The van der Waals surface area contributed by atoms with Crippen LogP contribution in [-0.4, -0.2) is 70.4 Å². The van der Waals surface area contributed by atoms with Gasteiger partial charge < -0.3 is 23.7 Å². The third kappa shape index (κ3) is 14.7. The normalized spacial score (nSPS) is 12.7. The van der Waals surface area contributed by atoms with Gasteiger partial charge in [-0.05, 0) is 27.7 Å². The molecule has 0 saturated heterocycles. The Morgan fingerprint density at radius 3 is 1.97 bits per heavy atom. The molecule has 8 nitrogen and oxygen atoms in total. The molecule has 0 saturated carbocycles. The molecule has 8 heteroatoms. The molecule has 0 spiro atoms. The first-order valence-corrected chi connectivity index (χ1v) is 9.69. The second-order valence-electron chi connectivity index (χ2n) is 6.29. The molecule has 0 N–H and O–H groups in total. The van der Waals surface area contributed by atoms with Gasteiger partial charge in [-0.3, -0.25) is 0 Å². The Labute approximate surface area is 174 Å². The summed E-state index contributed by atoms with van der Waals surface area (Å²) < 4.78 is 32.1. The molecule has 0 aliphatic carbocycles. The molecular weight excluding hydrogens is 380 g/mol. The van der Waals surface area contributed by atoms with Gasteiger partial charge in [-0.1, -0.05) is 13.2 Å². The quantitative estimate of drug-likeness (QED) is 0.146. The van der Waals surface area contributed by atoms with E-state index in [4.69, 9.17) is 28.4 Å². The standard InChI is InChI=1S/C21H35O8/c1-7-24-10-12-26-18(6)19(27-14-15-29-21(23)17(4)5)8-9-25-11-13-28-20(22)16(2)3/h9,18-19H,2,4,7-8,10-15H2,1,3,5-6H3/q+1. The molecule has 0 heterocycles. The molecule has 0 radical (unpaired) electrons. The molecule has 0 aromatic carbocycles. The van der Waals surface area contributed by atoms with Crippen molar-refractivity contribution in [3.05, 3.63) is 30.9 Å². The van der Waals surface area contributed by atoms with Crippen molar-refractivity contribution in [2.45, 2.75) is 46.3 Å². The SMILES string of the molecule is C=C(C)C(=O)OCCO[CH+]CC(OCCOC(=O)C(=C)C)C(C)OCCOCC. The number of ether oxygens (including phenoxy) is 6. The fourth-order valence-corrected chi connectivity index (χ4v) is 1.95. The average Bonchev–Trinajstić information content (AvgIpc) is 2.68. The number of carbonyl (C=O) groups is 2. The Bertz CT molecular complexity index is 503. The summed E-state index contributed by atoms with van der Waals surface area (Å²) in [7, 11) is 0. The fraction of sp³-hybridized carbons (Fsp3) is 0.667. The van der Waals surface area contributed by atoms with Gasteiger partial charge in [0.25, 0.3) is 0 Å². The molecule has 0 aliphatic heterocycles. The molecule has 2 atom stereocenters. The molecule has 0 rings (SSSR count). The lowest BCUT2D eigenvalue weighted by Gasteiger charge is -2.22. The van der Waals surface area contributed by atoms with E-state index in [0.717, 1.165) is 0 Å². The first-order valence-electron chi connectivity index (χ1n) is 9.69. The number of hydrogen-bond acceptors (Lipinski definition) is 8. The zero-order chi connectivity index (χ0) is 22.1. The van der Waals surface area contributed by atoms with Crippen molar-refractivity contribution in [1.82, 2.24) is 0 Å². The van der Waals surface area contributed by atoms with Crippen LogP contribution >= 0.6 is 0 Å². The van der Waals surface area contributed by atoms with Crippen LogP contribution in [0.1, 0.15) is 34.1 Å². The van der Waals surface area contributed by atoms with Crippen LogP contribution in [0.5, 0.6) is 0 Å². The summed E-state index contributed by atoms with van der Waals surface area (Å²) in [5.74, 6) is -0.902. The van der Waals surface area contributed by atoms with Crippen molar-refractivity contribution in [2.24, 2.45) is 0 Å². The Kier molecular flexibility index (Phi) is 15.9. The van der Waals surface area contributed by atoms with E-state index in [9.17, 15) is 9.59 Å². The monoisotopic (exact) mass is 415 g/mol. The second kappa shape index (κ2) is 17.0. The van der Waals surface area contributed by atoms with Gasteiger partial charge in [-0.15, -0.1) is 0 Å².